The van der Waals surface area contributed by atoms with Crippen LogP contribution in [0.1, 0.15) is 5.56 Å². The van der Waals surface area contributed by atoms with Gasteiger partial charge < -0.3 is 34.5 Å². The van der Waals surface area contributed by atoms with Gasteiger partial charge in [0.25, 0.3) is 0 Å². The first-order valence-corrected chi connectivity index (χ1v) is 13.3. The average Bonchev–Trinajstić information content (AvgIpc) is 2.94. The van der Waals surface area contributed by atoms with E-state index in [1.165, 1.54) is 0 Å². The van der Waals surface area contributed by atoms with Crippen LogP contribution in [0.5, 0.6) is 11.5 Å². The second-order valence-electron chi connectivity index (χ2n) is 9.24. The van der Waals surface area contributed by atoms with Gasteiger partial charge in [-0.2, -0.15) is 4.98 Å². The molecule has 0 aliphatic carbocycles. The summed E-state index contributed by atoms with van der Waals surface area (Å²) in [6, 6.07) is 11.9. The van der Waals surface area contributed by atoms with Gasteiger partial charge in [-0.15, -0.1) is 0 Å². The molecule has 1 aromatic heterocycles. The Morgan fingerprint density at radius 2 is 1.74 bits per heavy atom. The van der Waals surface area contributed by atoms with Crippen molar-refractivity contribution in [3.63, 3.8) is 0 Å². The third-order valence-corrected chi connectivity index (χ3v) is 6.74. The van der Waals surface area contributed by atoms with E-state index in [9.17, 15) is 0 Å². The van der Waals surface area contributed by atoms with Crippen LogP contribution in [0.4, 0.5) is 17.5 Å². The first kappa shape index (κ1) is 26.4. The maximum Gasteiger partial charge on any atom is 0.228 e. The van der Waals surface area contributed by atoms with Gasteiger partial charge in [0.1, 0.15) is 12.4 Å². The molecule has 2 fully saturated rings. The minimum atomic E-state index is 0.439. The van der Waals surface area contributed by atoms with Crippen molar-refractivity contribution < 1.29 is 18.9 Å². The van der Waals surface area contributed by atoms with Crippen LogP contribution >= 0.6 is 12.2 Å². The zero-order valence-corrected chi connectivity index (χ0v) is 22.7. The summed E-state index contributed by atoms with van der Waals surface area (Å²) < 4.78 is 22.8. The molecule has 0 bridgehead atoms. The fourth-order valence-electron chi connectivity index (χ4n) is 4.50. The topological polar surface area (TPSA) is 93.2 Å². The van der Waals surface area contributed by atoms with Crippen molar-refractivity contribution >= 4 is 45.7 Å². The van der Waals surface area contributed by atoms with Crippen LogP contribution in [0, 0.1) is 6.92 Å². The van der Waals surface area contributed by atoms with E-state index >= 15 is 0 Å². The molecule has 3 aromatic rings. The van der Waals surface area contributed by atoms with Crippen LogP contribution in [0.25, 0.3) is 10.9 Å². The van der Waals surface area contributed by atoms with Crippen LogP contribution in [-0.2, 0) is 9.47 Å². The highest BCUT2D eigenvalue weighted by Gasteiger charge is 2.20. The number of hydrogen-bond donors (Lipinski definition) is 2. The standard InChI is InChI=1S/C27H34N6O4S/c1-19-4-3-5-20(16-19)28-27(38)31-25-21-17-24(37-15-8-32-6-11-35-12-7-32)23(34-2)18-22(21)29-26(30-25)33-9-13-36-14-10-33/h3-5,16-18H,6-15H2,1-2H3,(H2,28,29,30,31,38). The quantitative estimate of drug-likeness (QED) is 0.414. The average molecular weight is 539 g/mol. The maximum absolute atomic E-state index is 6.19. The number of anilines is 3. The van der Waals surface area contributed by atoms with Gasteiger partial charge in [0, 0.05) is 49.9 Å². The van der Waals surface area contributed by atoms with Crippen molar-refractivity contribution in [1.82, 2.24) is 14.9 Å². The summed E-state index contributed by atoms with van der Waals surface area (Å²) >= 11 is 5.66. The van der Waals surface area contributed by atoms with Gasteiger partial charge in [-0.1, -0.05) is 12.1 Å². The van der Waals surface area contributed by atoms with E-state index in [0.29, 0.717) is 48.2 Å². The van der Waals surface area contributed by atoms with Crippen molar-refractivity contribution in [1.29, 1.82) is 0 Å². The molecule has 0 saturated carbocycles. The van der Waals surface area contributed by atoms with Crippen molar-refractivity contribution in [2.45, 2.75) is 6.92 Å². The number of aromatic nitrogens is 2. The molecule has 11 heteroatoms. The molecular weight excluding hydrogens is 504 g/mol. The van der Waals surface area contributed by atoms with Gasteiger partial charge in [0.2, 0.25) is 5.95 Å². The summed E-state index contributed by atoms with van der Waals surface area (Å²) in [5.41, 5.74) is 2.79. The molecule has 202 valence electrons. The fraction of sp³-hybridized carbons (Fsp3) is 0.444. The monoisotopic (exact) mass is 538 g/mol. The van der Waals surface area contributed by atoms with Crippen molar-refractivity contribution in [3.05, 3.63) is 42.0 Å². The molecule has 0 amide bonds. The maximum atomic E-state index is 6.19. The van der Waals surface area contributed by atoms with Crippen LogP contribution in [-0.4, -0.2) is 92.8 Å². The summed E-state index contributed by atoms with van der Waals surface area (Å²) in [5, 5.41) is 7.78. The predicted octanol–water partition coefficient (Wildman–Crippen LogP) is 3.30. The van der Waals surface area contributed by atoms with Crippen LogP contribution in [0.3, 0.4) is 0 Å². The Kier molecular flexibility index (Phi) is 8.69. The van der Waals surface area contributed by atoms with Gasteiger partial charge in [-0.05, 0) is 42.9 Å². The lowest BCUT2D eigenvalue weighted by Crippen LogP contribution is -2.38. The summed E-state index contributed by atoms with van der Waals surface area (Å²) in [6.07, 6.45) is 0. The number of morpholine rings is 2. The Bertz CT molecular complexity index is 1260. The van der Waals surface area contributed by atoms with Crippen molar-refractivity contribution in [2.75, 3.05) is 88.4 Å². The number of rotatable bonds is 8. The second-order valence-corrected chi connectivity index (χ2v) is 9.65. The molecule has 2 aliphatic rings. The molecule has 2 N–H and O–H groups in total. The highest BCUT2D eigenvalue weighted by atomic mass is 32.1. The molecule has 0 radical (unpaired) electrons. The number of ether oxygens (including phenoxy) is 4. The number of nitrogens with one attached hydrogen (secondary N) is 2. The van der Waals surface area contributed by atoms with E-state index in [2.05, 4.69) is 20.4 Å². The summed E-state index contributed by atoms with van der Waals surface area (Å²) in [4.78, 5) is 14.2. The number of nitrogens with zero attached hydrogens (tertiary/aromatic N) is 4. The normalized spacial score (nSPS) is 16.3. The zero-order valence-electron chi connectivity index (χ0n) is 21.9. The fourth-order valence-corrected chi connectivity index (χ4v) is 4.71. The number of hydrogen-bond acceptors (Lipinski definition) is 9. The van der Waals surface area contributed by atoms with E-state index in [4.69, 9.17) is 41.1 Å². The van der Waals surface area contributed by atoms with E-state index in [1.807, 2.05) is 43.3 Å². The van der Waals surface area contributed by atoms with E-state index in [-0.39, 0.29) is 0 Å². The zero-order chi connectivity index (χ0) is 26.3. The minimum absolute atomic E-state index is 0.439. The van der Waals surface area contributed by atoms with Gasteiger partial charge in [-0.3, -0.25) is 4.90 Å². The summed E-state index contributed by atoms with van der Waals surface area (Å²) in [6.45, 7) is 9.44. The minimum Gasteiger partial charge on any atom is -0.493 e. The van der Waals surface area contributed by atoms with E-state index in [0.717, 1.165) is 68.1 Å². The highest BCUT2D eigenvalue weighted by Crippen LogP contribution is 2.35. The largest absolute Gasteiger partial charge is 0.493 e. The van der Waals surface area contributed by atoms with E-state index < -0.39 is 0 Å². The lowest BCUT2D eigenvalue weighted by Gasteiger charge is -2.27. The first-order chi connectivity index (χ1) is 18.6. The number of thiocarbonyl (C=S) groups is 1. The summed E-state index contributed by atoms with van der Waals surface area (Å²) in [7, 11) is 1.64. The molecule has 2 saturated heterocycles. The third kappa shape index (κ3) is 6.60. The lowest BCUT2D eigenvalue weighted by atomic mass is 10.2. The molecule has 2 aromatic carbocycles. The van der Waals surface area contributed by atoms with Gasteiger partial charge in [0.15, 0.2) is 16.6 Å². The summed E-state index contributed by atoms with van der Waals surface area (Å²) in [5.74, 6) is 2.47. The Morgan fingerprint density at radius 1 is 0.974 bits per heavy atom. The molecule has 3 heterocycles. The van der Waals surface area contributed by atoms with Crippen molar-refractivity contribution in [3.8, 4) is 11.5 Å². The highest BCUT2D eigenvalue weighted by molar-refractivity contribution is 7.80. The number of aryl methyl sites for hydroxylation is 1. The molecule has 5 rings (SSSR count). The van der Waals surface area contributed by atoms with Gasteiger partial charge in [0.05, 0.1) is 39.1 Å². The van der Waals surface area contributed by atoms with E-state index in [1.54, 1.807) is 7.11 Å². The lowest BCUT2D eigenvalue weighted by molar-refractivity contribution is 0.0321. The molecule has 10 nitrogen and oxygen atoms in total. The van der Waals surface area contributed by atoms with Crippen molar-refractivity contribution in [2.24, 2.45) is 0 Å². The molecule has 38 heavy (non-hydrogen) atoms. The van der Waals surface area contributed by atoms with Crippen LogP contribution in [0.15, 0.2) is 36.4 Å². The van der Waals surface area contributed by atoms with Gasteiger partial charge in [-0.25, -0.2) is 4.98 Å². The Labute approximate surface area is 228 Å². The molecule has 0 unspecified atom stereocenters. The molecular formula is C27H34N6O4S. The number of methoxy groups -OCH3 is 1. The number of benzene rings is 2. The molecule has 2 aliphatic heterocycles. The Hall–Kier alpha value is -3.25. The SMILES string of the molecule is COc1cc2nc(N3CCOCC3)nc(NC(=S)Nc3cccc(C)c3)c2cc1OCCN1CCOCC1. The van der Waals surface area contributed by atoms with Crippen LogP contribution in [0.2, 0.25) is 0 Å². The number of fused-ring (bicyclic) bond motifs is 1. The Morgan fingerprint density at radius 3 is 2.47 bits per heavy atom. The third-order valence-electron chi connectivity index (χ3n) is 6.54. The van der Waals surface area contributed by atoms with Gasteiger partial charge >= 0.3 is 0 Å². The Balaban J connectivity index is 1.43. The first-order valence-electron chi connectivity index (χ1n) is 12.9. The molecule has 0 atom stereocenters. The second kappa shape index (κ2) is 12.5. The predicted molar refractivity (Wildman–Crippen MR) is 153 cm³/mol. The molecule has 0 spiro atoms. The smallest absolute Gasteiger partial charge is 0.228 e. The van der Waals surface area contributed by atoms with Crippen LogP contribution < -0.4 is 25.0 Å².